The quantitative estimate of drug-likeness (QED) is 0.506. The predicted molar refractivity (Wildman–Crippen MR) is 83.7 cm³/mol. The number of anilines is 1. The van der Waals surface area contributed by atoms with Crippen LogP contribution < -0.4 is 16.2 Å². The van der Waals surface area contributed by atoms with Crippen LogP contribution in [0, 0.1) is 5.41 Å². The number of benzene rings is 2. The highest BCUT2D eigenvalue weighted by atomic mass is 16.5. The monoisotopic (exact) mass is 278 g/mol. The van der Waals surface area contributed by atoms with Gasteiger partial charge in [-0.1, -0.05) is 24.3 Å². The van der Waals surface area contributed by atoms with Gasteiger partial charge >= 0.3 is 0 Å². The lowest BCUT2D eigenvalue weighted by molar-refractivity contribution is 0.489. The van der Waals surface area contributed by atoms with Crippen molar-refractivity contribution in [1.29, 1.82) is 5.41 Å². The number of amidine groups is 1. The van der Waals surface area contributed by atoms with Crippen LogP contribution in [0.15, 0.2) is 54.7 Å². The smallest absolute Gasteiger partial charge is 0.177 e. The van der Waals surface area contributed by atoms with Gasteiger partial charge in [0.1, 0.15) is 11.6 Å². The van der Waals surface area contributed by atoms with Crippen LogP contribution in [0.1, 0.15) is 5.56 Å². The van der Waals surface area contributed by atoms with Gasteiger partial charge < -0.3 is 16.2 Å². The molecule has 0 saturated heterocycles. The molecule has 0 aliphatic carbocycles. The van der Waals surface area contributed by atoms with Gasteiger partial charge in [0, 0.05) is 22.5 Å². The average molecular weight is 278 g/mol. The summed E-state index contributed by atoms with van der Waals surface area (Å²) in [5.41, 5.74) is 12.0. The van der Waals surface area contributed by atoms with Gasteiger partial charge in [-0.05, 0) is 24.3 Å². The van der Waals surface area contributed by atoms with Crippen molar-refractivity contribution < 1.29 is 4.74 Å². The molecule has 0 aliphatic heterocycles. The minimum atomic E-state index is 0.0212. The largest absolute Gasteiger partial charge is 0.453 e. The second-order valence-corrected chi connectivity index (χ2v) is 4.60. The standard InChI is InChI=1S/C16H14N4O/c17-15(18)10-5-7-12(8-6-10)21-14-13-4-2-1-3-11(13)9-20-16(14)19/h1-9H,(H3,17,18)(H2,19,20). The summed E-state index contributed by atoms with van der Waals surface area (Å²) in [5.74, 6) is 1.51. The molecular formula is C16H14N4O. The summed E-state index contributed by atoms with van der Waals surface area (Å²) < 4.78 is 5.86. The summed E-state index contributed by atoms with van der Waals surface area (Å²) in [6.45, 7) is 0. The zero-order valence-corrected chi connectivity index (χ0v) is 11.2. The lowest BCUT2D eigenvalue weighted by atomic mass is 10.1. The van der Waals surface area contributed by atoms with Crippen molar-refractivity contribution in [2.24, 2.45) is 5.73 Å². The Kier molecular flexibility index (Phi) is 3.16. The lowest BCUT2D eigenvalue weighted by Gasteiger charge is -2.11. The van der Waals surface area contributed by atoms with E-state index in [1.165, 1.54) is 0 Å². The van der Waals surface area contributed by atoms with Crippen LogP contribution in [0.25, 0.3) is 10.8 Å². The number of ether oxygens (including phenoxy) is 1. The third kappa shape index (κ3) is 2.49. The molecular weight excluding hydrogens is 264 g/mol. The molecule has 0 fully saturated rings. The molecule has 0 unspecified atom stereocenters. The Morgan fingerprint density at radius 2 is 1.76 bits per heavy atom. The summed E-state index contributed by atoms with van der Waals surface area (Å²) in [4.78, 5) is 4.15. The van der Waals surface area contributed by atoms with Gasteiger partial charge in [0.2, 0.25) is 0 Å². The molecule has 0 amide bonds. The first-order chi connectivity index (χ1) is 10.1. The van der Waals surface area contributed by atoms with Crippen molar-refractivity contribution in [3.05, 3.63) is 60.3 Å². The normalized spacial score (nSPS) is 10.5. The zero-order chi connectivity index (χ0) is 14.8. The van der Waals surface area contributed by atoms with Crippen molar-refractivity contribution in [3.63, 3.8) is 0 Å². The maximum Gasteiger partial charge on any atom is 0.177 e. The Morgan fingerprint density at radius 1 is 1.05 bits per heavy atom. The van der Waals surface area contributed by atoms with Crippen molar-refractivity contribution in [1.82, 2.24) is 4.98 Å². The second-order valence-electron chi connectivity index (χ2n) is 4.60. The molecule has 0 saturated carbocycles. The number of rotatable bonds is 3. The lowest BCUT2D eigenvalue weighted by Crippen LogP contribution is -2.10. The van der Waals surface area contributed by atoms with Crippen LogP contribution in [-0.4, -0.2) is 10.8 Å². The molecule has 5 nitrogen and oxygen atoms in total. The van der Waals surface area contributed by atoms with Crippen molar-refractivity contribution in [3.8, 4) is 11.5 Å². The minimum Gasteiger partial charge on any atom is -0.453 e. The summed E-state index contributed by atoms with van der Waals surface area (Å²) in [7, 11) is 0. The Morgan fingerprint density at radius 3 is 2.48 bits per heavy atom. The van der Waals surface area contributed by atoms with Crippen LogP contribution in [0.2, 0.25) is 0 Å². The molecule has 1 aromatic heterocycles. The molecule has 3 aromatic rings. The second kappa shape index (κ2) is 5.13. The van der Waals surface area contributed by atoms with Crippen molar-refractivity contribution in [2.75, 3.05) is 5.73 Å². The molecule has 5 heteroatoms. The van der Waals surface area contributed by atoms with E-state index in [4.69, 9.17) is 21.6 Å². The summed E-state index contributed by atoms with van der Waals surface area (Å²) in [5, 5.41) is 9.24. The molecule has 5 N–H and O–H groups in total. The fourth-order valence-corrected chi connectivity index (χ4v) is 2.08. The Balaban J connectivity index is 2.01. The van der Waals surface area contributed by atoms with Crippen molar-refractivity contribution in [2.45, 2.75) is 0 Å². The minimum absolute atomic E-state index is 0.0212. The zero-order valence-electron chi connectivity index (χ0n) is 11.2. The van der Waals surface area contributed by atoms with E-state index in [0.29, 0.717) is 22.9 Å². The molecule has 3 rings (SSSR count). The number of nitrogens with one attached hydrogen (secondary N) is 1. The number of pyridine rings is 1. The van der Waals surface area contributed by atoms with Crippen LogP contribution in [-0.2, 0) is 0 Å². The van der Waals surface area contributed by atoms with Gasteiger partial charge in [0.05, 0.1) is 0 Å². The van der Waals surface area contributed by atoms with Crippen LogP contribution >= 0.6 is 0 Å². The number of hydrogen-bond acceptors (Lipinski definition) is 4. The number of aromatic nitrogens is 1. The predicted octanol–water partition coefficient (Wildman–Crippen LogP) is 2.89. The van der Waals surface area contributed by atoms with Crippen LogP contribution in [0.5, 0.6) is 11.5 Å². The maximum absolute atomic E-state index is 7.38. The Labute approximate surface area is 121 Å². The SMILES string of the molecule is N=C(N)c1ccc(Oc2c(N)ncc3ccccc23)cc1. The van der Waals surface area contributed by atoms with Crippen LogP contribution in [0.4, 0.5) is 5.82 Å². The third-order valence-electron chi connectivity index (χ3n) is 3.17. The molecule has 0 aliphatic rings. The van der Waals surface area contributed by atoms with E-state index in [-0.39, 0.29) is 5.84 Å². The number of fused-ring (bicyclic) bond motifs is 1. The summed E-state index contributed by atoms with van der Waals surface area (Å²) >= 11 is 0. The number of nitrogens with zero attached hydrogens (tertiary/aromatic N) is 1. The van der Waals surface area contributed by atoms with E-state index in [2.05, 4.69) is 4.98 Å². The number of nitrogen functional groups attached to an aromatic ring is 2. The van der Waals surface area contributed by atoms with E-state index >= 15 is 0 Å². The number of nitrogens with two attached hydrogens (primary N) is 2. The van der Waals surface area contributed by atoms with Crippen LogP contribution in [0.3, 0.4) is 0 Å². The fraction of sp³-hybridized carbons (Fsp3) is 0. The Bertz CT molecular complexity index is 812. The van der Waals surface area contributed by atoms with Gasteiger partial charge in [-0.25, -0.2) is 4.98 Å². The van der Waals surface area contributed by atoms with Gasteiger partial charge in [0.15, 0.2) is 11.6 Å². The molecule has 21 heavy (non-hydrogen) atoms. The Hall–Kier alpha value is -3.08. The molecule has 0 spiro atoms. The highest BCUT2D eigenvalue weighted by Crippen LogP contribution is 2.33. The van der Waals surface area contributed by atoms with E-state index < -0.39 is 0 Å². The highest BCUT2D eigenvalue weighted by Gasteiger charge is 2.09. The van der Waals surface area contributed by atoms with E-state index in [1.807, 2.05) is 24.3 Å². The maximum atomic E-state index is 7.38. The van der Waals surface area contributed by atoms with E-state index in [1.54, 1.807) is 30.5 Å². The third-order valence-corrected chi connectivity index (χ3v) is 3.17. The van der Waals surface area contributed by atoms with E-state index in [0.717, 1.165) is 10.8 Å². The first-order valence-electron chi connectivity index (χ1n) is 6.40. The molecule has 104 valence electrons. The summed E-state index contributed by atoms with van der Waals surface area (Å²) in [6.07, 6.45) is 1.72. The molecule has 0 bridgehead atoms. The average Bonchev–Trinajstić information content (AvgIpc) is 2.51. The molecule has 0 atom stereocenters. The first kappa shape index (κ1) is 12.9. The topological polar surface area (TPSA) is 98.0 Å². The van der Waals surface area contributed by atoms with E-state index in [9.17, 15) is 0 Å². The van der Waals surface area contributed by atoms with Crippen molar-refractivity contribution >= 4 is 22.4 Å². The molecule has 2 aromatic carbocycles. The van der Waals surface area contributed by atoms with Gasteiger partial charge in [0.25, 0.3) is 0 Å². The number of hydrogen-bond donors (Lipinski definition) is 3. The highest BCUT2D eigenvalue weighted by molar-refractivity contribution is 5.95. The molecule has 0 radical (unpaired) electrons. The van der Waals surface area contributed by atoms with Gasteiger partial charge in [-0.15, -0.1) is 0 Å². The molecule has 1 heterocycles. The van der Waals surface area contributed by atoms with Gasteiger partial charge in [-0.3, -0.25) is 5.41 Å². The first-order valence-corrected chi connectivity index (χ1v) is 6.40. The van der Waals surface area contributed by atoms with Gasteiger partial charge in [-0.2, -0.15) is 0 Å². The summed E-state index contributed by atoms with van der Waals surface area (Å²) in [6, 6.07) is 14.7. The fourth-order valence-electron chi connectivity index (χ4n) is 2.08.